The van der Waals surface area contributed by atoms with Gasteiger partial charge >= 0.3 is 0 Å². The number of carbonyl (C=O) groups is 1. The Hall–Kier alpha value is -1.55. The van der Waals surface area contributed by atoms with Crippen LogP contribution in [0.25, 0.3) is 0 Å². The molecule has 104 valence electrons. The zero-order chi connectivity index (χ0) is 13.8. The molecule has 0 aliphatic carbocycles. The molecule has 0 bridgehead atoms. The molecule has 0 spiro atoms. The summed E-state index contributed by atoms with van der Waals surface area (Å²) in [5, 5.41) is 3.42. The van der Waals surface area contributed by atoms with E-state index < -0.39 is 0 Å². The lowest BCUT2D eigenvalue weighted by atomic mass is 10.1. The molecule has 4 heteroatoms. The maximum Gasteiger partial charge on any atom is 0.161 e. The molecule has 4 nitrogen and oxygen atoms in total. The predicted octanol–water partition coefficient (Wildman–Crippen LogP) is 2.23. The molecule has 2 rings (SSSR count). The molecule has 1 saturated heterocycles. The first kappa shape index (κ1) is 13.9. The van der Waals surface area contributed by atoms with Gasteiger partial charge in [0.05, 0.1) is 0 Å². The van der Waals surface area contributed by atoms with Crippen LogP contribution in [0.15, 0.2) is 18.2 Å². The summed E-state index contributed by atoms with van der Waals surface area (Å²) >= 11 is 0. The molecular formula is C15H23N3O. The van der Waals surface area contributed by atoms with Gasteiger partial charge in [-0.25, -0.2) is 0 Å². The highest BCUT2D eigenvalue weighted by atomic mass is 16.1. The molecule has 0 saturated carbocycles. The van der Waals surface area contributed by atoms with Gasteiger partial charge in [-0.05, 0) is 50.6 Å². The lowest BCUT2D eigenvalue weighted by molar-refractivity contribution is 0.101. The summed E-state index contributed by atoms with van der Waals surface area (Å²) in [6, 6.07) is 5.58. The summed E-state index contributed by atoms with van der Waals surface area (Å²) in [4.78, 5) is 13.8. The molecule has 0 aromatic heterocycles. The van der Waals surface area contributed by atoms with Crippen LogP contribution in [0.3, 0.4) is 0 Å². The Balaban J connectivity index is 1.90. The van der Waals surface area contributed by atoms with E-state index in [2.05, 4.69) is 17.1 Å². The van der Waals surface area contributed by atoms with E-state index in [4.69, 9.17) is 5.73 Å². The molecule has 3 N–H and O–H groups in total. The predicted molar refractivity (Wildman–Crippen MR) is 79.6 cm³/mol. The fourth-order valence-corrected chi connectivity index (χ4v) is 2.62. The van der Waals surface area contributed by atoms with E-state index in [-0.39, 0.29) is 5.78 Å². The summed E-state index contributed by atoms with van der Waals surface area (Å²) in [7, 11) is 0. The topological polar surface area (TPSA) is 58.4 Å². The number of carbonyl (C=O) groups excluding carboxylic acids is 1. The van der Waals surface area contributed by atoms with Gasteiger partial charge in [-0.1, -0.05) is 6.92 Å². The van der Waals surface area contributed by atoms with Gasteiger partial charge < -0.3 is 16.0 Å². The van der Waals surface area contributed by atoms with Crippen molar-refractivity contribution in [1.29, 1.82) is 0 Å². The third-order valence-electron chi connectivity index (χ3n) is 3.84. The van der Waals surface area contributed by atoms with Gasteiger partial charge in [0.1, 0.15) is 0 Å². The van der Waals surface area contributed by atoms with Crippen LogP contribution < -0.4 is 11.1 Å². The molecule has 1 heterocycles. The number of ketones is 1. The van der Waals surface area contributed by atoms with Crippen molar-refractivity contribution in [3.8, 4) is 0 Å². The largest absolute Gasteiger partial charge is 0.398 e. The van der Waals surface area contributed by atoms with E-state index in [1.165, 1.54) is 26.4 Å². The molecule has 1 aliphatic rings. The zero-order valence-electron chi connectivity index (χ0n) is 11.8. The first-order chi connectivity index (χ1) is 9.10. The number of anilines is 2. The van der Waals surface area contributed by atoms with Crippen molar-refractivity contribution >= 4 is 17.2 Å². The number of benzene rings is 1. The summed E-state index contributed by atoms with van der Waals surface area (Å²) in [6.07, 6.45) is 1.25. The third-order valence-corrected chi connectivity index (χ3v) is 3.84. The Labute approximate surface area is 115 Å². The third kappa shape index (κ3) is 3.47. The highest BCUT2D eigenvalue weighted by molar-refractivity contribution is 5.99. The van der Waals surface area contributed by atoms with Crippen molar-refractivity contribution in [2.45, 2.75) is 20.3 Å². The van der Waals surface area contributed by atoms with Crippen molar-refractivity contribution in [3.05, 3.63) is 23.8 Å². The fraction of sp³-hybridized carbons (Fsp3) is 0.533. The van der Waals surface area contributed by atoms with E-state index in [0.717, 1.165) is 18.8 Å². The average Bonchev–Trinajstić information content (AvgIpc) is 2.84. The second-order valence-corrected chi connectivity index (χ2v) is 5.29. The maximum atomic E-state index is 11.3. The Morgan fingerprint density at radius 3 is 2.89 bits per heavy atom. The van der Waals surface area contributed by atoms with Gasteiger partial charge in [0, 0.05) is 30.0 Å². The van der Waals surface area contributed by atoms with E-state index >= 15 is 0 Å². The molecule has 1 aliphatic heterocycles. The molecule has 1 aromatic rings. The summed E-state index contributed by atoms with van der Waals surface area (Å²) in [5.41, 5.74) is 8.03. The Kier molecular flexibility index (Phi) is 4.43. The second-order valence-electron chi connectivity index (χ2n) is 5.29. The maximum absolute atomic E-state index is 11.3. The van der Waals surface area contributed by atoms with Crippen LogP contribution in [0.5, 0.6) is 0 Å². The van der Waals surface area contributed by atoms with E-state index in [9.17, 15) is 4.79 Å². The van der Waals surface area contributed by atoms with Crippen LogP contribution >= 0.6 is 0 Å². The lowest BCUT2D eigenvalue weighted by Crippen LogP contribution is -2.22. The van der Waals surface area contributed by atoms with Crippen LogP contribution in [-0.4, -0.2) is 36.9 Å². The number of nitrogens with two attached hydrogens (primary N) is 1. The number of Topliss-reactive ketones (excluding diaryl/α,β-unsaturated/α-hetero) is 1. The number of hydrogen-bond acceptors (Lipinski definition) is 4. The Bertz CT molecular complexity index is 459. The van der Waals surface area contributed by atoms with Crippen molar-refractivity contribution < 1.29 is 4.79 Å². The number of hydrogen-bond donors (Lipinski definition) is 2. The molecule has 0 radical (unpaired) electrons. The molecule has 1 unspecified atom stereocenters. The smallest absolute Gasteiger partial charge is 0.161 e. The van der Waals surface area contributed by atoms with Crippen molar-refractivity contribution in [1.82, 2.24) is 4.90 Å². The first-order valence-electron chi connectivity index (χ1n) is 6.96. The van der Waals surface area contributed by atoms with Gasteiger partial charge in [-0.3, -0.25) is 4.79 Å². The van der Waals surface area contributed by atoms with E-state index in [1.54, 1.807) is 6.07 Å². The number of nitrogens with one attached hydrogen (secondary N) is 1. The summed E-state index contributed by atoms with van der Waals surface area (Å²) < 4.78 is 0. The second kappa shape index (κ2) is 6.06. The van der Waals surface area contributed by atoms with Crippen LogP contribution in [0.2, 0.25) is 0 Å². The van der Waals surface area contributed by atoms with Gasteiger partial charge in [-0.2, -0.15) is 0 Å². The molecule has 0 amide bonds. The van der Waals surface area contributed by atoms with Crippen molar-refractivity contribution in [2.24, 2.45) is 5.92 Å². The number of nitrogen functional groups attached to an aromatic ring is 1. The Morgan fingerprint density at radius 2 is 2.32 bits per heavy atom. The zero-order valence-corrected chi connectivity index (χ0v) is 11.8. The quantitative estimate of drug-likeness (QED) is 0.630. The Morgan fingerprint density at radius 1 is 1.53 bits per heavy atom. The minimum absolute atomic E-state index is 0.0124. The molecule has 1 atom stereocenters. The standard InChI is InChI=1S/C15H23N3O/c1-3-18-7-6-12(10-18)9-17-13-4-5-14(11(2)19)15(16)8-13/h4-5,8,12,17H,3,6-7,9-10,16H2,1-2H3. The molecule has 1 aromatic carbocycles. The fourth-order valence-electron chi connectivity index (χ4n) is 2.62. The van der Waals surface area contributed by atoms with Gasteiger partial charge in [-0.15, -0.1) is 0 Å². The number of rotatable bonds is 5. The van der Waals surface area contributed by atoms with E-state index in [0.29, 0.717) is 17.2 Å². The minimum atomic E-state index is 0.0124. The van der Waals surface area contributed by atoms with Crippen molar-refractivity contribution in [2.75, 3.05) is 37.2 Å². The first-order valence-corrected chi connectivity index (χ1v) is 6.96. The van der Waals surface area contributed by atoms with E-state index in [1.807, 2.05) is 12.1 Å². The van der Waals surface area contributed by atoms with Crippen LogP contribution in [0.1, 0.15) is 30.6 Å². The lowest BCUT2D eigenvalue weighted by Gasteiger charge is -2.15. The monoisotopic (exact) mass is 261 g/mol. The van der Waals surface area contributed by atoms with Crippen molar-refractivity contribution in [3.63, 3.8) is 0 Å². The van der Waals surface area contributed by atoms with Crippen LogP contribution in [-0.2, 0) is 0 Å². The summed E-state index contributed by atoms with van der Waals surface area (Å²) in [5.74, 6) is 0.715. The number of likely N-dealkylation sites (tertiary alicyclic amines) is 1. The SMILES string of the molecule is CCN1CCC(CNc2ccc(C(C)=O)c(N)c2)C1. The van der Waals surface area contributed by atoms with Gasteiger partial charge in [0.2, 0.25) is 0 Å². The summed E-state index contributed by atoms with van der Waals surface area (Å²) in [6.45, 7) is 8.22. The van der Waals surface area contributed by atoms with Gasteiger partial charge in [0.25, 0.3) is 0 Å². The average molecular weight is 261 g/mol. The number of nitrogens with zero attached hydrogens (tertiary/aromatic N) is 1. The molecular weight excluding hydrogens is 238 g/mol. The van der Waals surface area contributed by atoms with Gasteiger partial charge in [0.15, 0.2) is 5.78 Å². The highest BCUT2D eigenvalue weighted by Crippen LogP contribution is 2.20. The highest BCUT2D eigenvalue weighted by Gasteiger charge is 2.20. The minimum Gasteiger partial charge on any atom is -0.398 e. The normalized spacial score (nSPS) is 19.6. The van der Waals surface area contributed by atoms with Crippen LogP contribution in [0, 0.1) is 5.92 Å². The van der Waals surface area contributed by atoms with Crippen LogP contribution in [0.4, 0.5) is 11.4 Å². The molecule has 19 heavy (non-hydrogen) atoms. The molecule has 1 fully saturated rings.